The standard InChI is InChI=1S/C16H13N3O3S/c20-14(10-21-13-4-2-1-3-5-13)17-12-8-6-11(7-9-12)15-18-19-16(23)22-15/h1-9H,10H2,(H,17,20)(H,19,23). The fraction of sp³-hybridized carbons (Fsp3) is 0.0625. The van der Waals surface area contributed by atoms with Crippen molar-refractivity contribution in [1.82, 2.24) is 10.2 Å². The molecule has 0 aliphatic heterocycles. The predicted octanol–water partition coefficient (Wildman–Crippen LogP) is 3.42. The average molecular weight is 327 g/mol. The summed E-state index contributed by atoms with van der Waals surface area (Å²) in [5.74, 6) is 0.817. The van der Waals surface area contributed by atoms with Crippen LogP contribution >= 0.6 is 12.2 Å². The number of benzene rings is 2. The number of aromatic amines is 1. The van der Waals surface area contributed by atoms with Gasteiger partial charge in [0, 0.05) is 11.3 Å². The third-order valence-corrected chi connectivity index (χ3v) is 3.14. The van der Waals surface area contributed by atoms with E-state index in [0.717, 1.165) is 5.56 Å². The largest absolute Gasteiger partial charge is 0.484 e. The Balaban J connectivity index is 1.57. The zero-order valence-corrected chi connectivity index (χ0v) is 12.8. The van der Waals surface area contributed by atoms with E-state index < -0.39 is 0 Å². The van der Waals surface area contributed by atoms with E-state index in [9.17, 15) is 4.79 Å². The van der Waals surface area contributed by atoms with Crippen LogP contribution in [0.1, 0.15) is 0 Å². The number of H-pyrrole nitrogens is 1. The number of aromatic nitrogens is 2. The van der Waals surface area contributed by atoms with Gasteiger partial charge >= 0.3 is 0 Å². The summed E-state index contributed by atoms with van der Waals surface area (Å²) >= 11 is 4.83. The number of para-hydroxylation sites is 1. The number of nitrogens with zero attached hydrogens (tertiary/aromatic N) is 1. The summed E-state index contributed by atoms with van der Waals surface area (Å²) in [6, 6.07) is 16.2. The molecule has 0 saturated carbocycles. The van der Waals surface area contributed by atoms with Crippen LogP contribution in [0.5, 0.6) is 5.75 Å². The summed E-state index contributed by atoms with van der Waals surface area (Å²) in [6.07, 6.45) is 0. The highest BCUT2D eigenvalue weighted by Crippen LogP contribution is 2.19. The first-order chi connectivity index (χ1) is 11.2. The normalized spacial score (nSPS) is 10.3. The van der Waals surface area contributed by atoms with Gasteiger partial charge in [-0.1, -0.05) is 18.2 Å². The van der Waals surface area contributed by atoms with Crippen molar-refractivity contribution in [3.63, 3.8) is 0 Å². The van der Waals surface area contributed by atoms with E-state index in [4.69, 9.17) is 21.4 Å². The fourth-order valence-electron chi connectivity index (χ4n) is 1.91. The maximum atomic E-state index is 11.9. The van der Waals surface area contributed by atoms with Crippen LogP contribution in [0.25, 0.3) is 11.5 Å². The number of amides is 1. The molecule has 0 saturated heterocycles. The number of hydrogen-bond donors (Lipinski definition) is 2. The summed E-state index contributed by atoms with van der Waals surface area (Å²) in [5, 5.41) is 9.25. The predicted molar refractivity (Wildman–Crippen MR) is 87.7 cm³/mol. The minimum atomic E-state index is -0.237. The second-order valence-electron chi connectivity index (χ2n) is 4.65. The average Bonchev–Trinajstić information content (AvgIpc) is 3.01. The van der Waals surface area contributed by atoms with Crippen LogP contribution in [-0.2, 0) is 4.79 Å². The molecule has 116 valence electrons. The molecule has 3 aromatic rings. The van der Waals surface area contributed by atoms with E-state index in [1.807, 2.05) is 18.2 Å². The van der Waals surface area contributed by atoms with E-state index in [0.29, 0.717) is 17.3 Å². The summed E-state index contributed by atoms with van der Waals surface area (Å²) in [4.78, 5) is 12.1. The first kappa shape index (κ1) is 15.0. The van der Waals surface area contributed by atoms with Gasteiger partial charge in [-0.2, -0.15) is 0 Å². The number of carbonyl (C=O) groups is 1. The molecule has 0 fully saturated rings. The molecular weight excluding hydrogens is 314 g/mol. The molecule has 7 heteroatoms. The van der Waals surface area contributed by atoms with E-state index in [-0.39, 0.29) is 17.4 Å². The summed E-state index contributed by atoms with van der Waals surface area (Å²) in [5.41, 5.74) is 1.42. The van der Waals surface area contributed by atoms with Crippen molar-refractivity contribution in [1.29, 1.82) is 0 Å². The van der Waals surface area contributed by atoms with Crippen molar-refractivity contribution >= 4 is 23.8 Å². The zero-order chi connectivity index (χ0) is 16.1. The van der Waals surface area contributed by atoms with Gasteiger partial charge in [-0.15, -0.1) is 5.10 Å². The highest BCUT2D eigenvalue weighted by atomic mass is 32.1. The van der Waals surface area contributed by atoms with Crippen LogP contribution in [0, 0.1) is 4.84 Å². The lowest BCUT2D eigenvalue weighted by atomic mass is 10.2. The zero-order valence-electron chi connectivity index (χ0n) is 12.0. The first-order valence-corrected chi connectivity index (χ1v) is 7.25. The Kier molecular flexibility index (Phi) is 4.49. The SMILES string of the molecule is O=C(COc1ccccc1)Nc1ccc(-c2n[nH]c(=S)o2)cc1. The molecule has 3 rings (SSSR count). The second kappa shape index (κ2) is 6.89. The van der Waals surface area contributed by atoms with E-state index in [2.05, 4.69) is 15.5 Å². The molecule has 0 atom stereocenters. The molecule has 6 nitrogen and oxygen atoms in total. The molecule has 0 bridgehead atoms. The molecule has 2 aromatic carbocycles. The van der Waals surface area contributed by atoms with Crippen LogP contribution in [0.4, 0.5) is 5.69 Å². The topological polar surface area (TPSA) is 80.1 Å². The highest BCUT2D eigenvalue weighted by Gasteiger charge is 2.06. The van der Waals surface area contributed by atoms with Crippen molar-refractivity contribution in [3.05, 3.63) is 59.4 Å². The van der Waals surface area contributed by atoms with Crippen LogP contribution in [0.15, 0.2) is 59.0 Å². The van der Waals surface area contributed by atoms with Gasteiger partial charge in [0.2, 0.25) is 5.89 Å². The van der Waals surface area contributed by atoms with Crippen molar-refractivity contribution in [2.75, 3.05) is 11.9 Å². The van der Waals surface area contributed by atoms with Crippen molar-refractivity contribution in [2.24, 2.45) is 0 Å². The maximum Gasteiger partial charge on any atom is 0.284 e. The van der Waals surface area contributed by atoms with Crippen LogP contribution in [0.2, 0.25) is 0 Å². The van der Waals surface area contributed by atoms with Crippen LogP contribution in [-0.4, -0.2) is 22.7 Å². The Bertz CT molecular complexity index is 841. The Morgan fingerprint density at radius 2 is 1.91 bits per heavy atom. The molecule has 2 N–H and O–H groups in total. The van der Waals surface area contributed by atoms with Gasteiger partial charge in [-0.3, -0.25) is 4.79 Å². The number of nitrogens with one attached hydrogen (secondary N) is 2. The van der Waals surface area contributed by atoms with Gasteiger partial charge in [0.15, 0.2) is 6.61 Å². The number of carbonyl (C=O) groups excluding carboxylic acids is 1. The molecule has 0 unspecified atom stereocenters. The first-order valence-electron chi connectivity index (χ1n) is 6.84. The molecule has 0 spiro atoms. The highest BCUT2D eigenvalue weighted by molar-refractivity contribution is 7.71. The molecule has 1 aromatic heterocycles. The lowest BCUT2D eigenvalue weighted by Crippen LogP contribution is -2.20. The van der Waals surface area contributed by atoms with Crippen molar-refractivity contribution in [3.8, 4) is 17.2 Å². The Morgan fingerprint density at radius 1 is 1.17 bits per heavy atom. The van der Waals surface area contributed by atoms with Gasteiger partial charge in [0.25, 0.3) is 10.7 Å². The Labute approximate surface area is 137 Å². The minimum absolute atomic E-state index is 0.0558. The second-order valence-corrected chi connectivity index (χ2v) is 5.02. The molecule has 23 heavy (non-hydrogen) atoms. The van der Waals surface area contributed by atoms with Crippen LogP contribution < -0.4 is 10.1 Å². The molecule has 0 radical (unpaired) electrons. The summed E-state index contributed by atoms with van der Waals surface area (Å²) in [7, 11) is 0. The molecular formula is C16H13N3O3S. The van der Waals surface area contributed by atoms with Gasteiger partial charge in [-0.25, -0.2) is 5.10 Å². The molecule has 0 aliphatic carbocycles. The number of anilines is 1. The lowest BCUT2D eigenvalue weighted by molar-refractivity contribution is -0.118. The molecule has 1 amide bonds. The Morgan fingerprint density at radius 3 is 2.57 bits per heavy atom. The van der Waals surface area contributed by atoms with Gasteiger partial charge in [0.1, 0.15) is 5.75 Å². The van der Waals surface area contributed by atoms with E-state index in [1.54, 1.807) is 36.4 Å². The summed E-state index contributed by atoms with van der Waals surface area (Å²) < 4.78 is 10.6. The lowest BCUT2D eigenvalue weighted by Gasteiger charge is -2.07. The number of ether oxygens (including phenoxy) is 1. The molecule has 0 aliphatic rings. The molecule has 1 heterocycles. The fourth-order valence-corrected chi connectivity index (χ4v) is 2.04. The van der Waals surface area contributed by atoms with Crippen molar-refractivity contribution in [2.45, 2.75) is 0 Å². The third-order valence-electron chi connectivity index (χ3n) is 2.97. The van der Waals surface area contributed by atoms with E-state index >= 15 is 0 Å². The van der Waals surface area contributed by atoms with Gasteiger partial charge in [-0.05, 0) is 48.6 Å². The van der Waals surface area contributed by atoms with Gasteiger partial charge in [0.05, 0.1) is 0 Å². The monoisotopic (exact) mass is 327 g/mol. The van der Waals surface area contributed by atoms with Crippen molar-refractivity contribution < 1.29 is 13.9 Å². The minimum Gasteiger partial charge on any atom is -0.484 e. The van der Waals surface area contributed by atoms with E-state index in [1.165, 1.54) is 0 Å². The van der Waals surface area contributed by atoms with Crippen LogP contribution in [0.3, 0.4) is 0 Å². The maximum absolute atomic E-state index is 11.9. The quantitative estimate of drug-likeness (QED) is 0.702. The summed E-state index contributed by atoms with van der Waals surface area (Å²) in [6.45, 7) is -0.0558. The smallest absolute Gasteiger partial charge is 0.284 e. The number of hydrogen-bond acceptors (Lipinski definition) is 5. The van der Waals surface area contributed by atoms with Gasteiger partial charge < -0.3 is 14.5 Å². The Hall–Kier alpha value is -2.93. The number of rotatable bonds is 5. The third kappa shape index (κ3) is 4.04.